The maximum Gasteiger partial charge on any atom is 0.368 e. The van der Waals surface area contributed by atoms with Crippen LogP contribution in [0.4, 0.5) is 4.39 Å². The summed E-state index contributed by atoms with van der Waals surface area (Å²) >= 11 is 6.10. The summed E-state index contributed by atoms with van der Waals surface area (Å²) in [5, 5.41) is 11.0. The van der Waals surface area contributed by atoms with Crippen LogP contribution >= 0.6 is 19.2 Å². The number of halogens is 2. The highest BCUT2D eigenvalue weighted by Crippen LogP contribution is 2.56. The van der Waals surface area contributed by atoms with Crippen LogP contribution in [-0.4, -0.2) is 23.0 Å². The molecule has 0 amide bonds. The first-order valence-electron chi connectivity index (χ1n) is 13.5. The molecule has 1 saturated heterocycles. The van der Waals surface area contributed by atoms with Gasteiger partial charge in [0.1, 0.15) is 5.75 Å². The van der Waals surface area contributed by atoms with Crippen LogP contribution in [0.3, 0.4) is 0 Å². The van der Waals surface area contributed by atoms with E-state index in [1.54, 1.807) is 37.3 Å². The van der Waals surface area contributed by atoms with E-state index in [0.717, 1.165) is 53.8 Å². The van der Waals surface area contributed by atoms with Crippen molar-refractivity contribution >= 4 is 19.2 Å². The van der Waals surface area contributed by atoms with Crippen molar-refractivity contribution in [2.24, 2.45) is 0 Å². The summed E-state index contributed by atoms with van der Waals surface area (Å²) in [6.07, 6.45) is 5.68. The summed E-state index contributed by atoms with van der Waals surface area (Å²) in [5.41, 5.74) is 4.43. The van der Waals surface area contributed by atoms with Gasteiger partial charge in [0, 0.05) is 29.5 Å². The van der Waals surface area contributed by atoms with E-state index in [0.29, 0.717) is 23.4 Å². The van der Waals surface area contributed by atoms with Gasteiger partial charge in [0.05, 0.1) is 18.4 Å². The first-order chi connectivity index (χ1) is 18.7. The van der Waals surface area contributed by atoms with E-state index in [-0.39, 0.29) is 24.0 Å². The first kappa shape index (κ1) is 28.1. The summed E-state index contributed by atoms with van der Waals surface area (Å²) in [4.78, 5) is 4.79. The van der Waals surface area contributed by atoms with Crippen LogP contribution in [0.2, 0.25) is 5.02 Å². The molecular weight excluding hydrogens is 540 g/mol. The lowest BCUT2D eigenvalue weighted by Gasteiger charge is -2.30. The van der Waals surface area contributed by atoms with E-state index in [1.807, 2.05) is 19.1 Å². The zero-order valence-electron chi connectivity index (χ0n) is 22.3. The molecule has 6 nitrogen and oxygen atoms in total. The van der Waals surface area contributed by atoms with Gasteiger partial charge in [0.15, 0.2) is 17.9 Å². The van der Waals surface area contributed by atoms with Crippen molar-refractivity contribution in [2.45, 2.75) is 70.8 Å². The Morgan fingerprint density at radius 1 is 1.13 bits per heavy atom. The number of nitrogens with zero attached hydrogens (tertiary/aromatic N) is 1. The Balaban J connectivity index is 1.30. The molecule has 1 aliphatic carbocycles. The number of pyridine rings is 1. The van der Waals surface area contributed by atoms with Crippen LogP contribution in [0, 0.1) is 19.7 Å². The molecule has 5 rings (SSSR count). The molecule has 0 spiro atoms. The number of aryl methyl sites for hydroxylation is 1. The molecule has 1 aromatic heterocycles. The fourth-order valence-corrected chi connectivity index (χ4v) is 7.22. The predicted octanol–water partition coefficient (Wildman–Crippen LogP) is 8.54. The van der Waals surface area contributed by atoms with Crippen molar-refractivity contribution in [1.29, 1.82) is 0 Å². The highest BCUT2D eigenvalue weighted by molar-refractivity contribution is 7.53. The minimum Gasteiger partial charge on any atom is -0.506 e. The van der Waals surface area contributed by atoms with Crippen LogP contribution in [-0.2, 0) is 20.0 Å². The smallest absolute Gasteiger partial charge is 0.368 e. The Bertz CT molecular complexity index is 1390. The molecule has 2 fully saturated rings. The summed E-state index contributed by atoms with van der Waals surface area (Å²) in [6.45, 7) is 3.83. The third-order valence-electron chi connectivity index (χ3n) is 7.69. The van der Waals surface area contributed by atoms with Gasteiger partial charge in [-0.15, -0.1) is 0 Å². The number of hydrogen-bond acceptors (Lipinski definition) is 6. The Morgan fingerprint density at radius 3 is 2.69 bits per heavy atom. The van der Waals surface area contributed by atoms with Crippen molar-refractivity contribution in [3.05, 3.63) is 86.9 Å². The van der Waals surface area contributed by atoms with E-state index in [2.05, 4.69) is 0 Å². The standard InChI is InChI=1S/C30H34ClFNO5P/c1-19-15-28(36-18-39(35)37-14-13-27(38-39)22-9-6-10-23(31)16-22)29(32)20(2)25(19)17-24-11-12-26(34)30(33-24)21-7-4-3-5-8-21/h6,9-12,15-16,21,27,34H,3-5,7-8,13-14,17-18H2,1-2H3. The van der Waals surface area contributed by atoms with E-state index in [9.17, 15) is 9.67 Å². The monoisotopic (exact) mass is 573 g/mol. The zero-order valence-corrected chi connectivity index (χ0v) is 23.9. The Labute approximate surface area is 234 Å². The maximum absolute atomic E-state index is 15.5. The van der Waals surface area contributed by atoms with Gasteiger partial charge < -0.3 is 14.4 Å². The zero-order chi connectivity index (χ0) is 27.6. The largest absolute Gasteiger partial charge is 0.506 e. The lowest BCUT2D eigenvalue weighted by Crippen LogP contribution is -2.17. The van der Waals surface area contributed by atoms with Gasteiger partial charge in [-0.2, -0.15) is 0 Å². The number of rotatable bonds is 7. The summed E-state index contributed by atoms with van der Waals surface area (Å²) in [5.74, 6) is -0.0213. The molecule has 1 N–H and O–H groups in total. The molecule has 39 heavy (non-hydrogen) atoms. The second-order valence-corrected chi connectivity index (χ2v) is 12.9. The van der Waals surface area contributed by atoms with E-state index in [1.165, 1.54) is 6.42 Å². The van der Waals surface area contributed by atoms with Crippen LogP contribution in [0.25, 0.3) is 0 Å². The lowest BCUT2D eigenvalue weighted by atomic mass is 9.86. The summed E-state index contributed by atoms with van der Waals surface area (Å²) < 4.78 is 45.8. The van der Waals surface area contributed by atoms with Gasteiger partial charge in [-0.25, -0.2) is 4.39 Å². The second kappa shape index (κ2) is 12.0. The van der Waals surface area contributed by atoms with Crippen molar-refractivity contribution in [3.63, 3.8) is 0 Å². The molecule has 1 saturated carbocycles. The van der Waals surface area contributed by atoms with Crippen molar-refractivity contribution < 1.29 is 27.8 Å². The Hall–Kier alpha value is -2.44. The molecule has 0 bridgehead atoms. The maximum atomic E-state index is 15.5. The average Bonchev–Trinajstić information content (AvgIpc) is 2.94. The van der Waals surface area contributed by atoms with Gasteiger partial charge in [-0.1, -0.05) is 43.0 Å². The van der Waals surface area contributed by atoms with Crippen molar-refractivity contribution in [3.8, 4) is 11.5 Å². The topological polar surface area (TPSA) is 77.9 Å². The Morgan fingerprint density at radius 2 is 1.92 bits per heavy atom. The fraction of sp³-hybridized carbons (Fsp3) is 0.433. The highest BCUT2D eigenvalue weighted by atomic mass is 35.5. The molecule has 0 radical (unpaired) electrons. The molecule has 2 aromatic carbocycles. The van der Waals surface area contributed by atoms with Gasteiger partial charge in [0.2, 0.25) is 0 Å². The molecule has 2 aliphatic rings. The number of ether oxygens (including phenoxy) is 1. The first-order valence-corrected chi connectivity index (χ1v) is 15.6. The van der Waals surface area contributed by atoms with Crippen LogP contribution in [0.5, 0.6) is 11.5 Å². The molecule has 2 atom stereocenters. The van der Waals surface area contributed by atoms with Crippen LogP contribution < -0.4 is 4.74 Å². The minimum atomic E-state index is -3.62. The average molecular weight is 574 g/mol. The molecule has 2 heterocycles. The minimum absolute atomic E-state index is 0.00242. The van der Waals surface area contributed by atoms with Gasteiger partial charge >= 0.3 is 7.60 Å². The summed E-state index contributed by atoms with van der Waals surface area (Å²) in [7, 11) is -3.62. The normalized spacial score (nSPS) is 22.1. The summed E-state index contributed by atoms with van der Waals surface area (Å²) in [6, 6.07) is 12.3. The van der Waals surface area contributed by atoms with E-state index in [4.69, 9.17) is 30.4 Å². The third kappa shape index (κ3) is 6.49. The third-order valence-corrected chi connectivity index (χ3v) is 9.52. The predicted molar refractivity (Wildman–Crippen MR) is 149 cm³/mol. The number of aromatic nitrogens is 1. The van der Waals surface area contributed by atoms with Crippen molar-refractivity contribution in [2.75, 3.05) is 13.0 Å². The van der Waals surface area contributed by atoms with Crippen LogP contribution in [0.1, 0.15) is 84.2 Å². The molecule has 3 aromatic rings. The van der Waals surface area contributed by atoms with E-state index < -0.39 is 25.9 Å². The number of hydrogen-bond donors (Lipinski definition) is 1. The Kier molecular flexibility index (Phi) is 8.63. The van der Waals surface area contributed by atoms with Gasteiger partial charge in [-0.3, -0.25) is 14.1 Å². The molecule has 1 aliphatic heterocycles. The highest BCUT2D eigenvalue weighted by Gasteiger charge is 2.36. The molecule has 208 valence electrons. The van der Waals surface area contributed by atoms with E-state index >= 15 is 4.39 Å². The van der Waals surface area contributed by atoms with Gasteiger partial charge in [0.25, 0.3) is 0 Å². The SMILES string of the molecule is Cc1cc(OCP2(=O)OCCC(c3cccc(Cl)c3)O2)c(F)c(C)c1Cc1ccc(O)c(C2CCCCC2)n1. The molecule has 9 heteroatoms. The van der Waals surface area contributed by atoms with Gasteiger partial charge in [-0.05, 0) is 79.3 Å². The van der Waals surface area contributed by atoms with Crippen LogP contribution in [0.15, 0.2) is 42.5 Å². The fourth-order valence-electron chi connectivity index (χ4n) is 5.53. The lowest BCUT2D eigenvalue weighted by molar-refractivity contribution is 0.0722. The quantitative estimate of drug-likeness (QED) is 0.285. The second-order valence-electron chi connectivity index (χ2n) is 10.5. The number of aromatic hydroxyl groups is 1. The molecule has 2 unspecified atom stereocenters. The molecular formula is C30H34ClFNO5P. The van der Waals surface area contributed by atoms with Crippen molar-refractivity contribution in [1.82, 2.24) is 4.98 Å². The number of benzene rings is 2.